The highest BCUT2D eigenvalue weighted by molar-refractivity contribution is 5.95. The molecule has 252 valence electrons. The fourth-order valence-electron chi connectivity index (χ4n) is 4.49. The van der Waals surface area contributed by atoms with Crippen LogP contribution in [0.25, 0.3) is 0 Å². The zero-order valence-electron chi connectivity index (χ0n) is 26.4. The number of carbonyl (C=O) groups excluding carboxylic acids is 4. The van der Waals surface area contributed by atoms with Gasteiger partial charge in [-0.25, -0.2) is 9.78 Å². The standard InChI is InChI=1S/C30H46N10O6/c1-17(2)12-21(31)26(42)37-18(3)25(41)39-24(14-20-15-34-16-36-20)28(44)40-23(13-19-8-5-4-6-9-19)27(43)38-22(29(45)46)10-7-11-35-30(32)33/h4-6,8-9,15-18,21-24H,7,10-14,31H2,1-3H3,(H,34,36)(H,37,42)(H,38,43)(H,39,41)(H,40,44)(H,45,46)(H4,32,33,35)/t18-,21-,22-,23-,24-/m0/s1. The van der Waals surface area contributed by atoms with Gasteiger partial charge in [-0.15, -0.1) is 0 Å². The lowest BCUT2D eigenvalue weighted by Crippen LogP contribution is -2.59. The van der Waals surface area contributed by atoms with Gasteiger partial charge in [0, 0.05) is 31.3 Å². The van der Waals surface area contributed by atoms with Crippen LogP contribution in [0.15, 0.2) is 47.8 Å². The number of aromatic nitrogens is 2. The van der Waals surface area contributed by atoms with Gasteiger partial charge in [0.2, 0.25) is 23.6 Å². The number of nitrogens with zero attached hydrogens (tertiary/aromatic N) is 2. The molecule has 16 heteroatoms. The number of carboxylic acid groups (broad SMARTS) is 1. The van der Waals surface area contributed by atoms with Crippen LogP contribution in [0, 0.1) is 5.92 Å². The minimum absolute atomic E-state index is 0.0205. The molecule has 0 aliphatic rings. The molecule has 2 aromatic rings. The number of aliphatic carboxylic acids is 1. The SMILES string of the molecule is CC(C)C[C@H](N)C(=O)N[C@@H](C)C(=O)N[C@@H](Cc1cnc[nH]1)C(=O)N[C@@H](Cc1ccccc1)C(=O)N[C@@H](CCCN=C(N)N)C(=O)O. The summed E-state index contributed by atoms with van der Waals surface area (Å²) in [6.45, 7) is 5.48. The summed E-state index contributed by atoms with van der Waals surface area (Å²) < 4.78 is 0. The second-order valence-corrected chi connectivity index (χ2v) is 11.4. The molecule has 4 amide bonds. The van der Waals surface area contributed by atoms with Crippen LogP contribution in [0.3, 0.4) is 0 Å². The molecule has 0 bridgehead atoms. The van der Waals surface area contributed by atoms with Gasteiger partial charge in [-0.3, -0.25) is 24.2 Å². The maximum atomic E-state index is 13.7. The first kappa shape index (κ1) is 37.2. The molecule has 0 radical (unpaired) electrons. The van der Waals surface area contributed by atoms with E-state index < -0.39 is 59.8 Å². The Kier molecular flexibility index (Phi) is 15.1. The molecular weight excluding hydrogens is 596 g/mol. The minimum Gasteiger partial charge on any atom is -0.480 e. The number of H-pyrrole nitrogens is 1. The monoisotopic (exact) mass is 642 g/mol. The quantitative estimate of drug-likeness (QED) is 0.0494. The van der Waals surface area contributed by atoms with Gasteiger partial charge in [-0.2, -0.15) is 0 Å². The van der Waals surface area contributed by atoms with Gasteiger partial charge in [0.15, 0.2) is 5.96 Å². The van der Waals surface area contributed by atoms with Crippen molar-refractivity contribution in [2.24, 2.45) is 28.1 Å². The molecule has 16 nitrogen and oxygen atoms in total. The van der Waals surface area contributed by atoms with Crippen LogP contribution in [-0.2, 0) is 36.8 Å². The summed E-state index contributed by atoms with van der Waals surface area (Å²) in [7, 11) is 0. The smallest absolute Gasteiger partial charge is 0.326 e. The Bertz CT molecular complexity index is 1310. The van der Waals surface area contributed by atoms with Gasteiger partial charge in [-0.05, 0) is 37.7 Å². The van der Waals surface area contributed by atoms with Crippen LogP contribution in [0.4, 0.5) is 0 Å². The van der Waals surface area contributed by atoms with Gasteiger partial charge < -0.3 is 48.6 Å². The summed E-state index contributed by atoms with van der Waals surface area (Å²) in [6.07, 6.45) is 3.64. The van der Waals surface area contributed by atoms with E-state index in [1.807, 2.05) is 13.8 Å². The summed E-state index contributed by atoms with van der Waals surface area (Å²) in [6, 6.07) is 3.32. The van der Waals surface area contributed by atoms with Crippen molar-refractivity contribution in [3.05, 3.63) is 54.1 Å². The van der Waals surface area contributed by atoms with Crippen molar-refractivity contribution in [3.63, 3.8) is 0 Å². The highest BCUT2D eigenvalue weighted by Crippen LogP contribution is 2.08. The summed E-state index contributed by atoms with van der Waals surface area (Å²) >= 11 is 0. The van der Waals surface area contributed by atoms with Gasteiger partial charge in [0.05, 0.1) is 12.4 Å². The Balaban J connectivity index is 2.23. The van der Waals surface area contributed by atoms with Gasteiger partial charge in [0.1, 0.15) is 24.2 Å². The molecule has 0 fully saturated rings. The third kappa shape index (κ3) is 13.3. The fourth-order valence-corrected chi connectivity index (χ4v) is 4.49. The predicted octanol–water partition coefficient (Wildman–Crippen LogP) is -1.33. The molecule has 0 aliphatic heterocycles. The lowest BCUT2D eigenvalue weighted by Gasteiger charge is -2.25. The third-order valence-corrected chi connectivity index (χ3v) is 6.90. The van der Waals surface area contributed by atoms with Crippen molar-refractivity contribution >= 4 is 35.6 Å². The molecule has 5 atom stereocenters. The molecule has 0 spiro atoms. The maximum absolute atomic E-state index is 13.7. The number of benzene rings is 1. The number of aromatic amines is 1. The van der Waals surface area contributed by atoms with Crippen molar-refractivity contribution < 1.29 is 29.1 Å². The lowest BCUT2D eigenvalue weighted by atomic mass is 10.0. The number of rotatable bonds is 19. The number of nitrogens with two attached hydrogens (primary N) is 3. The number of amides is 4. The number of guanidine groups is 1. The van der Waals surface area contributed by atoms with Crippen LogP contribution < -0.4 is 38.5 Å². The fraction of sp³-hybridized carbons (Fsp3) is 0.500. The first-order valence-electron chi connectivity index (χ1n) is 15.0. The Labute approximate surface area is 267 Å². The second kappa shape index (κ2) is 18.7. The Hall–Kier alpha value is -4.99. The summed E-state index contributed by atoms with van der Waals surface area (Å²) in [4.78, 5) is 75.3. The first-order chi connectivity index (χ1) is 21.8. The van der Waals surface area contributed by atoms with E-state index in [1.165, 1.54) is 19.4 Å². The molecule has 0 saturated heterocycles. The molecule has 2 rings (SSSR count). The normalized spacial score (nSPS) is 14.2. The molecule has 12 N–H and O–H groups in total. The van der Waals surface area contributed by atoms with E-state index in [0.717, 1.165) is 0 Å². The van der Waals surface area contributed by atoms with Crippen LogP contribution in [0.1, 0.15) is 51.3 Å². The molecule has 46 heavy (non-hydrogen) atoms. The number of carbonyl (C=O) groups is 5. The number of hydrogen-bond donors (Lipinski definition) is 9. The summed E-state index contributed by atoms with van der Waals surface area (Å²) in [5.41, 5.74) is 17.8. The van der Waals surface area contributed by atoms with Crippen molar-refractivity contribution in [2.75, 3.05) is 6.54 Å². The van der Waals surface area contributed by atoms with Crippen LogP contribution in [0.5, 0.6) is 0 Å². The molecule has 0 unspecified atom stereocenters. The molecule has 0 aliphatic carbocycles. The van der Waals surface area contributed by atoms with E-state index in [1.54, 1.807) is 30.3 Å². The van der Waals surface area contributed by atoms with E-state index in [9.17, 15) is 29.1 Å². The predicted molar refractivity (Wildman–Crippen MR) is 171 cm³/mol. The van der Waals surface area contributed by atoms with Crippen LogP contribution in [-0.4, -0.2) is 87.4 Å². The van der Waals surface area contributed by atoms with E-state index in [4.69, 9.17) is 17.2 Å². The zero-order chi connectivity index (χ0) is 34.2. The van der Waals surface area contributed by atoms with E-state index >= 15 is 0 Å². The Morgan fingerprint density at radius 2 is 1.48 bits per heavy atom. The van der Waals surface area contributed by atoms with Crippen molar-refractivity contribution in [2.45, 2.75) is 83.1 Å². The number of nitrogens with one attached hydrogen (secondary N) is 5. The number of hydrogen-bond acceptors (Lipinski definition) is 8. The lowest BCUT2D eigenvalue weighted by molar-refractivity contribution is -0.142. The average Bonchev–Trinajstić information content (AvgIpc) is 3.50. The highest BCUT2D eigenvalue weighted by atomic mass is 16.4. The maximum Gasteiger partial charge on any atom is 0.326 e. The molecule has 1 aromatic heterocycles. The number of imidazole rings is 1. The van der Waals surface area contributed by atoms with E-state index in [0.29, 0.717) is 17.7 Å². The average molecular weight is 643 g/mol. The van der Waals surface area contributed by atoms with E-state index in [-0.39, 0.29) is 44.1 Å². The third-order valence-electron chi connectivity index (χ3n) is 6.90. The molecule has 1 heterocycles. The summed E-state index contributed by atoms with van der Waals surface area (Å²) in [5, 5.41) is 20.1. The molecular formula is C30H46N10O6. The Morgan fingerprint density at radius 3 is 2.04 bits per heavy atom. The van der Waals surface area contributed by atoms with Gasteiger partial charge >= 0.3 is 5.97 Å². The van der Waals surface area contributed by atoms with E-state index in [2.05, 4.69) is 36.2 Å². The number of aliphatic imine (C=N–C) groups is 1. The van der Waals surface area contributed by atoms with Gasteiger partial charge in [-0.1, -0.05) is 44.2 Å². The topological polar surface area (TPSA) is 273 Å². The largest absolute Gasteiger partial charge is 0.480 e. The minimum atomic E-state index is -1.27. The van der Waals surface area contributed by atoms with Crippen molar-refractivity contribution in [1.82, 2.24) is 31.2 Å². The zero-order valence-corrected chi connectivity index (χ0v) is 26.4. The highest BCUT2D eigenvalue weighted by Gasteiger charge is 2.31. The van der Waals surface area contributed by atoms with Crippen LogP contribution >= 0.6 is 0 Å². The summed E-state index contributed by atoms with van der Waals surface area (Å²) in [5.74, 6) is -3.84. The van der Waals surface area contributed by atoms with Crippen molar-refractivity contribution in [1.29, 1.82) is 0 Å². The van der Waals surface area contributed by atoms with Crippen LogP contribution in [0.2, 0.25) is 0 Å². The molecule has 0 saturated carbocycles. The molecule has 1 aromatic carbocycles. The van der Waals surface area contributed by atoms with Gasteiger partial charge in [0.25, 0.3) is 0 Å². The number of carboxylic acids is 1. The second-order valence-electron chi connectivity index (χ2n) is 11.4. The van der Waals surface area contributed by atoms with Crippen molar-refractivity contribution in [3.8, 4) is 0 Å². The first-order valence-corrected chi connectivity index (χ1v) is 15.0. The Morgan fingerprint density at radius 1 is 0.870 bits per heavy atom.